The Morgan fingerprint density at radius 2 is 0.940 bits per heavy atom. The quantitative estimate of drug-likeness (QED) is 0.0212. The number of ether oxygens (including phenoxy) is 1. The number of rotatable bonds is 36. The number of nitrogens with zero attached hydrogens (tertiary/aromatic N) is 2. The molecule has 0 bridgehead atoms. The van der Waals surface area contributed by atoms with Gasteiger partial charge in [0.05, 0.1) is 33.9 Å². The van der Waals surface area contributed by atoms with Gasteiger partial charge >= 0.3 is 10.0 Å². The first-order valence-corrected chi connectivity index (χ1v) is 22.2. The molecule has 0 atom stereocenters. The fourth-order valence-corrected chi connectivity index (χ4v) is 7.32. The maximum absolute atomic E-state index is 12.4. The Kier molecular flexibility index (Phi) is 33.2. The molecule has 0 unspecified atom stereocenters. The molecule has 0 spiro atoms. The lowest BCUT2D eigenvalue weighted by atomic mass is 10.0. The summed E-state index contributed by atoms with van der Waals surface area (Å²) in [6, 6.07) is 0. The van der Waals surface area contributed by atoms with Gasteiger partial charge in [-0.2, -0.15) is 12.8 Å². The van der Waals surface area contributed by atoms with Gasteiger partial charge in [-0.05, 0) is 77.0 Å². The Morgan fingerprint density at radius 1 is 0.580 bits per heavy atom. The van der Waals surface area contributed by atoms with Gasteiger partial charge < -0.3 is 14.3 Å². The Hall–Kier alpha value is -1.70. The molecular formula is C43H80N2O4S. The predicted octanol–water partition coefficient (Wildman–Crippen LogP) is 11.5. The molecule has 0 aliphatic heterocycles. The van der Waals surface area contributed by atoms with Crippen molar-refractivity contribution >= 4 is 15.9 Å². The molecule has 0 aromatic carbocycles. The molecule has 0 aromatic rings. The molecule has 6 nitrogen and oxygen atoms in total. The third-order valence-electron chi connectivity index (χ3n) is 8.69. The molecule has 7 heteroatoms. The van der Waals surface area contributed by atoms with Crippen molar-refractivity contribution in [3.05, 3.63) is 48.6 Å². The van der Waals surface area contributed by atoms with Crippen LogP contribution >= 0.6 is 0 Å². The highest BCUT2D eigenvalue weighted by molar-refractivity contribution is 7.90. The third-order valence-corrected chi connectivity index (χ3v) is 10.3. The SMILES string of the molecule is CCCCC/C=C\C/C=C\CCCCCCCCC(CCCCCCCC/C=C\C/C=C\CCCCC)OC/C([O-])=N/S(=O)(=O)C[N+](C)(C)C. The van der Waals surface area contributed by atoms with Crippen LogP contribution in [-0.2, 0) is 14.8 Å². The zero-order valence-corrected chi connectivity index (χ0v) is 34.2. The molecule has 0 aliphatic rings. The summed E-state index contributed by atoms with van der Waals surface area (Å²) in [5, 5.41) is 12.4. The smallest absolute Gasteiger partial charge is 0.303 e. The fraction of sp³-hybridized carbons (Fsp3) is 0.791. The van der Waals surface area contributed by atoms with Gasteiger partial charge in [-0.25, -0.2) is 0 Å². The van der Waals surface area contributed by atoms with E-state index in [1.54, 1.807) is 21.1 Å². The summed E-state index contributed by atoms with van der Waals surface area (Å²) in [6.45, 7) is 4.23. The highest BCUT2D eigenvalue weighted by atomic mass is 32.2. The van der Waals surface area contributed by atoms with Gasteiger partial charge in [-0.1, -0.05) is 152 Å². The van der Waals surface area contributed by atoms with Gasteiger partial charge in [0.25, 0.3) is 0 Å². The highest BCUT2D eigenvalue weighted by Gasteiger charge is 2.20. The van der Waals surface area contributed by atoms with Crippen molar-refractivity contribution in [1.29, 1.82) is 0 Å². The van der Waals surface area contributed by atoms with Crippen LogP contribution in [0.15, 0.2) is 53.0 Å². The van der Waals surface area contributed by atoms with E-state index in [1.807, 2.05) is 0 Å². The Balaban J connectivity index is 4.36. The molecule has 0 saturated carbocycles. The first-order valence-electron chi connectivity index (χ1n) is 20.6. The normalized spacial score (nSPS) is 13.4. The second-order valence-corrected chi connectivity index (χ2v) is 16.8. The molecule has 292 valence electrons. The molecule has 0 fully saturated rings. The fourth-order valence-electron chi connectivity index (χ4n) is 5.92. The minimum absolute atomic E-state index is 0.0214. The first-order chi connectivity index (χ1) is 24.1. The van der Waals surface area contributed by atoms with E-state index in [2.05, 4.69) is 66.9 Å². The van der Waals surface area contributed by atoms with E-state index in [0.29, 0.717) is 0 Å². The lowest BCUT2D eigenvalue weighted by Crippen LogP contribution is -2.39. The topological polar surface area (TPSA) is 78.8 Å². The van der Waals surface area contributed by atoms with Gasteiger partial charge in [-0.15, -0.1) is 0 Å². The summed E-state index contributed by atoms with van der Waals surface area (Å²) in [6.07, 6.45) is 49.4. The molecule has 0 aliphatic carbocycles. The largest absolute Gasteiger partial charge is 0.860 e. The number of quaternary nitrogens is 1. The van der Waals surface area contributed by atoms with Gasteiger partial charge in [0.2, 0.25) is 5.88 Å². The summed E-state index contributed by atoms with van der Waals surface area (Å²) in [4.78, 5) is 0. The van der Waals surface area contributed by atoms with Crippen LogP contribution < -0.4 is 5.11 Å². The highest BCUT2D eigenvalue weighted by Crippen LogP contribution is 2.18. The average molecular weight is 721 g/mol. The molecule has 0 aromatic heterocycles. The minimum Gasteiger partial charge on any atom is -0.860 e. The minimum atomic E-state index is -3.82. The van der Waals surface area contributed by atoms with Crippen LogP contribution in [0.2, 0.25) is 0 Å². The van der Waals surface area contributed by atoms with Crippen molar-refractivity contribution in [1.82, 2.24) is 0 Å². The molecule has 0 saturated heterocycles. The predicted molar refractivity (Wildman–Crippen MR) is 217 cm³/mol. The second kappa shape index (κ2) is 34.4. The van der Waals surface area contributed by atoms with Gasteiger partial charge in [0.15, 0.2) is 0 Å². The third kappa shape index (κ3) is 37.6. The van der Waals surface area contributed by atoms with Crippen molar-refractivity contribution in [2.45, 2.75) is 187 Å². The number of hydrogen-bond acceptors (Lipinski definition) is 4. The number of unbranched alkanes of at least 4 members (excludes halogenated alkanes) is 18. The van der Waals surface area contributed by atoms with Crippen LogP contribution in [0, 0.1) is 0 Å². The number of sulfonamides is 1. The van der Waals surface area contributed by atoms with Crippen molar-refractivity contribution in [3.63, 3.8) is 0 Å². The number of hydrogen-bond donors (Lipinski definition) is 0. The standard InChI is InChI=1S/C43H80N2O4S/c1-6-8-10-12-14-16-18-20-22-24-26-28-30-32-34-36-38-42(49-40-43(46)44-50(47,48)41-45(3,4)5)39-37-35-33-31-29-27-25-23-21-19-17-15-13-11-9-7-2/h14-17,20-23,42H,6-13,18-19,24-41H2,1-5H3/b16-14-,17-15-,22-20-,23-21-. The summed E-state index contributed by atoms with van der Waals surface area (Å²) >= 11 is 0. The molecule has 0 radical (unpaired) electrons. The Bertz CT molecular complexity index is 960. The summed E-state index contributed by atoms with van der Waals surface area (Å²) in [5.41, 5.74) is 0. The van der Waals surface area contributed by atoms with Gasteiger partial charge in [-0.3, -0.25) is 0 Å². The van der Waals surface area contributed by atoms with Crippen LogP contribution in [0.3, 0.4) is 0 Å². The Labute approximate surface area is 311 Å². The van der Waals surface area contributed by atoms with E-state index >= 15 is 0 Å². The average Bonchev–Trinajstić information content (AvgIpc) is 3.05. The van der Waals surface area contributed by atoms with Crippen molar-refractivity contribution in [2.24, 2.45) is 4.40 Å². The van der Waals surface area contributed by atoms with Crippen LogP contribution in [0.1, 0.15) is 181 Å². The molecule has 0 N–H and O–H groups in total. The van der Waals surface area contributed by atoms with Crippen LogP contribution in [0.5, 0.6) is 0 Å². The maximum atomic E-state index is 12.4. The summed E-state index contributed by atoms with van der Waals surface area (Å²) in [7, 11) is 1.48. The molecule has 0 amide bonds. The lowest BCUT2D eigenvalue weighted by Gasteiger charge is -2.23. The van der Waals surface area contributed by atoms with Crippen molar-refractivity contribution in [2.75, 3.05) is 33.6 Å². The monoisotopic (exact) mass is 721 g/mol. The van der Waals surface area contributed by atoms with Crippen molar-refractivity contribution in [3.8, 4) is 0 Å². The molecule has 0 rings (SSSR count). The van der Waals surface area contributed by atoms with Crippen LogP contribution in [-0.4, -0.2) is 58.5 Å². The Morgan fingerprint density at radius 3 is 1.32 bits per heavy atom. The molecular weight excluding hydrogens is 641 g/mol. The summed E-state index contributed by atoms with van der Waals surface area (Å²) < 4.78 is 34.3. The van der Waals surface area contributed by atoms with Crippen LogP contribution in [0.4, 0.5) is 0 Å². The molecule has 0 heterocycles. The second-order valence-electron chi connectivity index (χ2n) is 15.2. The van der Waals surface area contributed by atoms with E-state index in [-0.39, 0.29) is 23.1 Å². The lowest BCUT2D eigenvalue weighted by molar-refractivity contribution is -0.857. The molecule has 50 heavy (non-hydrogen) atoms. The summed E-state index contributed by atoms with van der Waals surface area (Å²) in [5.74, 6) is -0.903. The van der Waals surface area contributed by atoms with Gasteiger partial charge in [0, 0.05) is 5.90 Å². The van der Waals surface area contributed by atoms with E-state index in [4.69, 9.17) is 4.74 Å². The van der Waals surface area contributed by atoms with Crippen LogP contribution in [0.25, 0.3) is 0 Å². The zero-order valence-electron chi connectivity index (χ0n) is 33.4. The van der Waals surface area contributed by atoms with Gasteiger partial charge in [0.1, 0.15) is 0 Å². The van der Waals surface area contributed by atoms with E-state index in [9.17, 15) is 13.5 Å². The van der Waals surface area contributed by atoms with E-state index in [1.165, 1.54) is 116 Å². The van der Waals surface area contributed by atoms with Crippen molar-refractivity contribution < 1.29 is 22.7 Å². The zero-order chi connectivity index (χ0) is 37.0. The van der Waals surface area contributed by atoms with E-state index in [0.717, 1.165) is 51.4 Å². The van der Waals surface area contributed by atoms with E-state index < -0.39 is 15.9 Å². The maximum Gasteiger partial charge on any atom is 0.303 e. The number of allylic oxidation sites excluding steroid dienone is 8. The first kappa shape index (κ1) is 48.3.